The Morgan fingerprint density at radius 3 is 2.34 bits per heavy atom. The van der Waals surface area contributed by atoms with Gasteiger partial charge in [-0.25, -0.2) is 13.4 Å². The molecule has 0 radical (unpaired) electrons. The number of anilines is 1. The molecule has 0 atom stereocenters. The molecule has 0 aliphatic rings. The number of benzene rings is 2. The normalized spacial score (nSPS) is 11.8. The molecule has 3 aromatic rings. The predicted octanol–water partition coefficient (Wildman–Crippen LogP) is 4.34. The van der Waals surface area contributed by atoms with Crippen LogP contribution in [0.3, 0.4) is 0 Å². The minimum Gasteiger partial charge on any atom is -0.298 e. The van der Waals surface area contributed by atoms with Gasteiger partial charge >= 0.3 is 0 Å². The Morgan fingerprint density at radius 2 is 1.76 bits per heavy atom. The Kier molecular flexibility index (Phi) is 6.46. The molecule has 8 heteroatoms. The molecule has 1 N–H and O–H groups in total. The first-order valence-electron chi connectivity index (χ1n) is 9.14. The van der Waals surface area contributed by atoms with E-state index in [2.05, 4.69) is 10.3 Å². The van der Waals surface area contributed by atoms with Crippen LogP contribution >= 0.6 is 11.3 Å². The molecule has 0 fully saturated rings. The van der Waals surface area contributed by atoms with E-state index < -0.39 is 10.0 Å². The number of thiazole rings is 1. The SMILES string of the molecule is CC(C)c1csc(NC(=O)c2ccc(S(=O)(=O)N(C)Cc3ccccc3)cc2)n1. The molecule has 1 heterocycles. The first kappa shape index (κ1) is 21.2. The number of aromatic nitrogens is 1. The van der Waals surface area contributed by atoms with Crippen molar-refractivity contribution in [1.82, 2.24) is 9.29 Å². The zero-order chi connectivity index (χ0) is 21.0. The van der Waals surface area contributed by atoms with Gasteiger partial charge in [-0.3, -0.25) is 10.1 Å². The number of carbonyl (C=O) groups excluding carboxylic acids is 1. The summed E-state index contributed by atoms with van der Waals surface area (Å²) in [5.41, 5.74) is 2.20. The van der Waals surface area contributed by atoms with E-state index in [1.54, 1.807) is 0 Å². The first-order chi connectivity index (χ1) is 13.8. The van der Waals surface area contributed by atoms with Gasteiger partial charge in [0.15, 0.2) is 5.13 Å². The molecule has 0 unspecified atom stereocenters. The zero-order valence-corrected chi connectivity index (χ0v) is 18.1. The van der Waals surface area contributed by atoms with Crippen LogP contribution in [-0.4, -0.2) is 30.7 Å². The molecule has 0 saturated heterocycles. The number of rotatable bonds is 7. The van der Waals surface area contributed by atoms with Crippen LogP contribution < -0.4 is 5.32 Å². The zero-order valence-electron chi connectivity index (χ0n) is 16.5. The summed E-state index contributed by atoms with van der Waals surface area (Å²) in [5.74, 6) is -0.0366. The van der Waals surface area contributed by atoms with E-state index in [0.29, 0.717) is 10.7 Å². The van der Waals surface area contributed by atoms with Crippen LogP contribution in [0.25, 0.3) is 0 Å². The number of nitrogens with zero attached hydrogens (tertiary/aromatic N) is 2. The molecular weight excluding hydrogens is 406 g/mol. The summed E-state index contributed by atoms with van der Waals surface area (Å²) in [5, 5.41) is 5.20. The molecule has 6 nitrogen and oxygen atoms in total. The Bertz CT molecular complexity index is 1080. The topological polar surface area (TPSA) is 79.4 Å². The lowest BCUT2D eigenvalue weighted by Crippen LogP contribution is -2.26. The molecule has 3 rings (SSSR count). The number of hydrogen-bond donors (Lipinski definition) is 1. The highest BCUT2D eigenvalue weighted by Gasteiger charge is 2.21. The van der Waals surface area contributed by atoms with Crippen molar-refractivity contribution in [2.75, 3.05) is 12.4 Å². The lowest BCUT2D eigenvalue weighted by molar-refractivity contribution is 0.102. The van der Waals surface area contributed by atoms with Crippen molar-refractivity contribution in [3.63, 3.8) is 0 Å². The van der Waals surface area contributed by atoms with E-state index in [9.17, 15) is 13.2 Å². The molecular formula is C21H23N3O3S2. The smallest absolute Gasteiger partial charge is 0.257 e. The molecule has 0 bridgehead atoms. The highest BCUT2D eigenvalue weighted by Crippen LogP contribution is 2.22. The fraction of sp³-hybridized carbons (Fsp3) is 0.238. The summed E-state index contributed by atoms with van der Waals surface area (Å²) in [4.78, 5) is 16.9. The third-order valence-electron chi connectivity index (χ3n) is 4.41. The summed E-state index contributed by atoms with van der Waals surface area (Å²) in [6.45, 7) is 4.34. The van der Waals surface area contributed by atoms with Gasteiger partial charge < -0.3 is 0 Å². The van der Waals surface area contributed by atoms with Crippen LogP contribution in [0.1, 0.15) is 41.4 Å². The Morgan fingerprint density at radius 1 is 1.10 bits per heavy atom. The number of carbonyl (C=O) groups is 1. The first-order valence-corrected chi connectivity index (χ1v) is 11.5. The maximum Gasteiger partial charge on any atom is 0.257 e. The standard InChI is InChI=1S/C21H23N3O3S2/c1-15(2)19-14-28-21(22-19)23-20(25)17-9-11-18(12-10-17)29(26,27)24(3)13-16-7-5-4-6-8-16/h4-12,14-15H,13H2,1-3H3,(H,22,23,25). The van der Waals surface area contributed by atoms with Crippen LogP contribution in [0.2, 0.25) is 0 Å². The molecule has 0 spiro atoms. The van der Waals surface area contributed by atoms with E-state index in [4.69, 9.17) is 0 Å². The number of nitrogens with one attached hydrogen (secondary N) is 1. The van der Waals surface area contributed by atoms with E-state index in [0.717, 1.165) is 11.3 Å². The molecule has 2 aromatic carbocycles. The fourth-order valence-electron chi connectivity index (χ4n) is 2.66. The molecule has 0 saturated carbocycles. The van der Waals surface area contributed by atoms with Gasteiger partial charge in [0.25, 0.3) is 5.91 Å². The lowest BCUT2D eigenvalue weighted by Gasteiger charge is -2.17. The van der Waals surface area contributed by atoms with Crippen LogP contribution in [0.4, 0.5) is 5.13 Å². The van der Waals surface area contributed by atoms with E-state index >= 15 is 0 Å². The van der Waals surface area contributed by atoms with Crippen LogP contribution in [0.15, 0.2) is 64.9 Å². The van der Waals surface area contributed by atoms with E-state index in [1.165, 1.54) is 47.0 Å². The maximum absolute atomic E-state index is 12.8. The van der Waals surface area contributed by atoms with Gasteiger partial charge in [0.2, 0.25) is 10.0 Å². The highest BCUT2D eigenvalue weighted by molar-refractivity contribution is 7.89. The van der Waals surface area contributed by atoms with Crippen molar-refractivity contribution in [2.24, 2.45) is 0 Å². The Hall–Kier alpha value is -2.55. The number of sulfonamides is 1. The summed E-state index contributed by atoms with van der Waals surface area (Å²) in [7, 11) is -2.11. The van der Waals surface area contributed by atoms with Gasteiger partial charge in [0, 0.05) is 24.5 Å². The van der Waals surface area contributed by atoms with Gasteiger partial charge in [0.1, 0.15) is 0 Å². The molecule has 0 aliphatic carbocycles. The maximum atomic E-state index is 12.8. The highest BCUT2D eigenvalue weighted by atomic mass is 32.2. The monoisotopic (exact) mass is 429 g/mol. The van der Waals surface area contributed by atoms with E-state index in [1.807, 2.05) is 49.6 Å². The molecule has 152 valence electrons. The fourth-order valence-corrected chi connectivity index (χ4v) is 4.69. The van der Waals surface area contributed by atoms with Crippen molar-refractivity contribution in [3.8, 4) is 0 Å². The van der Waals surface area contributed by atoms with Crippen molar-refractivity contribution < 1.29 is 13.2 Å². The van der Waals surface area contributed by atoms with Crippen molar-refractivity contribution in [2.45, 2.75) is 31.2 Å². The predicted molar refractivity (Wildman–Crippen MR) is 116 cm³/mol. The van der Waals surface area contributed by atoms with Crippen molar-refractivity contribution >= 4 is 32.4 Å². The van der Waals surface area contributed by atoms with Gasteiger partial charge in [-0.05, 0) is 35.7 Å². The van der Waals surface area contributed by atoms with Gasteiger partial charge in [0.05, 0.1) is 10.6 Å². The summed E-state index contributed by atoms with van der Waals surface area (Å²) in [6.07, 6.45) is 0. The summed E-state index contributed by atoms with van der Waals surface area (Å²) in [6, 6.07) is 15.3. The number of hydrogen-bond acceptors (Lipinski definition) is 5. The minimum atomic E-state index is -3.65. The van der Waals surface area contributed by atoms with E-state index in [-0.39, 0.29) is 23.3 Å². The molecule has 0 aliphatic heterocycles. The third kappa shape index (κ3) is 5.09. The lowest BCUT2D eigenvalue weighted by atomic mass is 10.2. The van der Waals surface area contributed by atoms with Gasteiger partial charge in [-0.15, -0.1) is 11.3 Å². The Balaban J connectivity index is 1.70. The van der Waals surface area contributed by atoms with Crippen molar-refractivity contribution in [1.29, 1.82) is 0 Å². The number of amides is 1. The second kappa shape index (κ2) is 8.86. The third-order valence-corrected chi connectivity index (χ3v) is 7.00. The van der Waals surface area contributed by atoms with Crippen LogP contribution in [-0.2, 0) is 16.6 Å². The second-order valence-corrected chi connectivity index (χ2v) is 9.86. The molecule has 1 aromatic heterocycles. The van der Waals surface area contributed by atoms with Gasteiger partial charge in [-0.2, -0.15) is 4.31 Å². The Labute approximate surface area is 175 Å². The summed E-state index contributed by atoms with van der Waals surface area (Å²) < 4.78 is 26.9. The van der Waals surface area contributed by atoms with Crippen LogP contribution in [0.5, 0.6) is 0 Å². The van der Waals surface area contributed by atoms with Crippen molar-refractivity contribution in [3.05, 3.63) is 76.8 Å². The van der Waals surface area contributed by atoms with Gasteiger partial charge in [-0.1, -0.05) is 44.2 Å². The minimum absolute atomic E-state index is 0.142. The summed E-state index contributed by atoms with van der Waals surface area (Å²) >= 11 is 1.37. The average Bonchev–Trinajstić information content (AvgIpc) is 3.17. The quantitative estimate of drug-likeness (QED) is 0.606. The van der Waals surface area contributed by atoms with Crippen LogP contribution in [0, 0.1) is 0 Å². The molecule has 29 heavy (non-hydrogen) atoms. The molecule has 1 amide bonds. The second-order valence-electron chi connectivity index (χ2n) is 6.96. The largest absolute Gasteiger partial charge is 0.298 e. The average molecular weight is 430 g/mol.